The molecule has 0 aliphatic rings. The standard InChI is InChI=1S/C14H19N3OS/c1-10(15-3)12-4-5-14(16-8-12)18-7-6-13-11(2)17-9-19-13/h4-5,8-10,15H,6-7H2,1-3H3. The van der Waals surface area contributed by atoms with Crippen molar-refractivity contribution in [2.45, 2.75) is 26.3 Å². The second-order valence-corrected chi connectivity index (χ2v) is 5.34. The maximum atomic E-state index is 5.65. The van der Waals surface area contributed by atoms with Crippen LogP contribution in [0.25, 0.3) is 0 Å². The highest BCUT2D eigenvalue weighted by Gasteiger charge is 2.04. The van der Waals surface area contributed by atoms with Gasteiger partial charge in [-0.05, 0) is 26.5 Å². The molecule has 2 aromatic rings. The fourth-order valence-electron chi connectivity index (χ4n) is 1.71. The third-order valence-corrected chi connectivity index (χ3v) is 4.11. The zero-order valence-corrected chi connectivity index (χ0v) is 12.3. The van der Waals surface area contributed by atoms with Crippen LogP contribution in [0, 0.1) is 6.92 Å². The summed E-state index contributed by atoms with van der Waals surface area (Å²) in [5.74, 6) is 0.675. The van der Waals surface area contributed by atoms with Gasteiger partial charge in [-0.2, -0.15) is 0 Å². The minimum Gasteiger partial charge on any atom is -0.477 e. The molecule has 0 spiro atoms. The first-order valence-electron chi connectivity index (χ1n) is 6.35. The number of nitrogens with zero attached hydrogens (tertiary/aromatic N) is 2. The van der Waals surface area contributed by atoms with Crippen LogP contribution in [0.15, 0.2) is 23.8 Å². The number of hydrogen-bond donors (Lipinski definition) is 1. The summed E-state index contributed by atoms with van der Waals surface area (Å²) in [6.07, 6.45) is 2.74. The van der Waals surface area contributed by atoms with E-state index in [1.165, 1.54) is 4.88 Å². The van der Waals surface area contributed by atoms with Crippen LogP contribution >= 0.6 is 11.3 Å². The molecule has 2 aromatic heterocycles. The minimum absolute atomic E-state index is 0.307. The summed E-state index contributed by atoms with van der Waals surface area (Å²) in [4.78, 5) is 9.82. The summed E-state index contributed by atoms with van der Waals surface area (Å²) in [6, 6.07) is 4.27. The number of rotatable bonds is 6. The van der Waals surface area contributed by atoms with E-state index in [0.29, 0.717) is 18.5 Å². The Morgan fingerprint density at radius 3 is 2.79 bits per heavy atom. The Morgan fingerprint density at radius 2 is 2.21 bits per heavy atom. The predicted octanol–water partition coefficient (Wildman–Crippen LogP) is 2.75. The molecule has 0 amide bonds. The van der Waals surface area contributed by atoms with Crippen LogP contribution in [0.3, 0.4) is 0 Å². The smallest absolute Gasteiger partial charge is 0.213 e. The fourth-order valence-corrected chi connectivity index (χ4v) is 2.48. The van der Waals surface area contributed by atoms with Crippen LogP contribution in [0.4, 0.5) is 0 Å². The Morgan fingerprint density at radius 1 is 1.37 bits per heavy atom. The highest BCUT2D eigenvalue weighted by molar-refractivity contribution is 7.09. The molecule has 1 unspecified atom stereocenters. The minimum atomic E-state index is 0.307. The van der Waals surface area contributed by atoms with E-state index in [2.05, 4.69) is 22.2 Å². The van der Waals surface area contributed by atoms with Gasteiger partial charge in [-0.1, -0.05) is 6.07 Å². The van der Waals surface area contributed by atoms with E-state index < -0.39 is 0 Å². The molecule has 19 heavy (non-hydrogen) atoms. The monoisotopic (exact) mass is 277 g/mol. The first-order chi connectivity index (χ1) is 9.20. The van der Waals surface area contributed by atoms with Crippen molar-refractivity contribution in [1.29, 1.82) is 0 Å². The van der Waals surface area contributed by atoms with Gasteiger partial charge in [0.15, 0.2) is 0 Å². The van der Waals surface area contributed by atoms with Crippen LogP contribution in [0.1, 0.15) is 29.1 Å². The van der Waals surface area contributed by atoms with Gasteiger partial charge < -0.3 is 10.1 Å². The summed E-state index contributed by atoms with van der Waals surface area (Å²) < 4.78 is 5.65. The second kappa shape index (κ2) is 6.63. The second-order valence-electron chi connectivity index (χ2n) is 4.40. The van der Waals surface area contributed by atoms with Gasteiger partial charge in [-0.25, -0.2) is 9.97 Å². The number of ether oxygens (including phenoxy) is 1. The molecule has 0 aromatic carbocycles. The van der Waals surface area contributed by atoms with Crippen LogP contribution in [0.5, 0.6) is 5.88 Å². The molecule has 1 N–H and O–H groups in total. The summed E-state index contributed by atoms with van der Waals surface area (Å²) >= 11 is 1.67. The molecular formula is C14H19N3OS. The van der Waals surface area contributed by atoms with Gasteiger partial charge in [-0.15, -0.1) is 11.3 Å². The number of hydrogen-bond acceptors (Lipinski definition) is 5. The fraction of sp³-hybridized carbons (Fsp3) is 0.429. The molecular weight excluding hydrogens is 258 g/mol. The molecule has 4 nitrogen and oxygen atoms in total. The van der Waals surface area contributed by atoms with Crippen LogP contribution in [-0.2, 0) is 6.42 Å². The molecule has 0 saturated carbocycles. The Balaban J connectivity index is 1.85. The van der Waals surface area contributed by atoms with Crippen molar-refractivity contribution >= 4 is 11.3 Å². The molecule has 0 fully saturated rings. The number of nitrogens with one attached hydrogen (secondary N) is 1. The lowest BCUT2D eigenvalue weighted by Crippen LogP contribution is -2.12. The maximum Gasteiger partial charge on any atom is 0.213 e. The summed E-state index contributed by atoms with van der Waals surface area (Å²) in [6.45, 7) is 4.76. The van der Waals surface area contributed by atoms with Gasteiger partial charge in [0.25, 0.3) is 0 Å². The number of aromatic nitrogens is 2. The van der Waals surface area contributed by atoms with Gasteiger partial charge in [-0.3, -0.25) is 0 Å². The molecule has 1 atom stereocenters. The van der Waals surface area contributed by atoms with Crippen LogP contribution in [-0.4, -0.2) is 23.6 Å². The lowest BCUT2D eigenvalue weighted by atomic mass is 10.1. The van der Waals surface area contributed by atoms with Crippen molar-refractivity contribution < 1.29 is 4.74 Å². The largest absolute Gasteiger partial charge is 0.477 e. The average Bonchev–Trinajstić information content (AvgIpc) is 2.84. The van der Waals surface area contributed by atoms with Crippen molar-refractivity contribution in [1.82, 2.24) is 15.3 Å². The van der Waals surface area contributed by atoms with Gasteiger partial charge in [0.2, 0.25) is 5.88 Å². The van der Waals surface area contributed by atoms with Crippen molar-refractivity contribution in [3.8, 4) is 5.88 Å². The Kier molecular flexibility index (Phi) is 4.87. The Bertz CT molecular complexity index is 510. The zero-order valence-electron chi connectivity index (χ0n) is 11.5. The maximum absolute atomic E-state index is 5.65. The molecule has 5 heteroatoms. The van der Waals surface area contributed by atoms with Crippen LogP contribution in [0.2, 0.25) is 0 Å². The molecule has 2 heterocycles. The molecule has 0 aliphatic carbocycles. The normalized spacial score (nSPS) is 12.4. The zero-order chi connectivity index (χ0) is 13.7. The first kappa shape index (κ1) is 14.0. The molecule has 102 valence electrons. The van der Waals surface area contributed by atoms with Gasteiger partial charge in [0.05, 0.1) is 17.8 Å². The quantitative estimate of drug-likeness (QED) is 0.882. The van der Waals surface area contributed by atoms with Crippen molar-refractivity contribution in [3.63, 3.8) is 0 Å². The van der Waals surface area contributed by atoms with Crippen molar-refractivity contribution in [2.75, 3.05) is 13.7 Å². The van der Waals surface area contributed by atoms with E-state index in [1.54, 1.807) is 11.3 Å². The van der Waals surface area contributed by atoms with E-state index in [1.807, 2.05) is 37.8 Å². The van der Waals surface area contributed by atoms with E-state index in [4.69, 9.17) is 4.74 Å². The van der Waals surface area contributed by atoms with E-state index in [0.717, 1.165) is 17.7 Å². The summed E-state index contributed by atoms with van der Waals surface area (Å²) in [5.41, 5.74) is 4.13. The van der Waals surface area contributed by atoms with Crippen molar-refractivity contribution in [2.24, 2.45) is 0 Å². The summed E-state index contributed by atoms with van der Waals surface area (Å²) in [7, 11) is 1.94. The lowest BCUT2D eigenvalue weighted by molar-refractivity contribution is 0.310. The van der Waals surface area contributed by atoms with Crippen LogP contribution < -0.4 is 10.1 Å². The Labute approximate surface area is 117 Å². The van der Waals surface area contributed by atoms with E-state index >= 15 is 0 Å². The number of aryl methyl sites for hydroxylation is 1. The summed E-state index contributed by atoms with van der Waals surface area (Å²) in [5, 5.41) is 3.18. The Hall–Kier alpha value is -1.46. The molecule has 0 saturated heterocycles. The third kappa shape index (κ3) is 3.75. The van der Waals surface area contributed by atoms with E-state index in [-0.39, 0.29) is 0 Å². The molecule has 0 bridgehead atoms. The first-order valence-corrected chi connectivity index (χ1v) is 7.23. The topological polar surface area (TPSA) is 47.0 Å². The van der Waals surface area contributed by atoms with Gasteiger partial charge >= 0.3 is 0 Å². The molecule has 2 rings (SSSR count). The lowest BCUT2D eigenvalue weighted by Gasteiger charge is -2.10. The molecule has 0 aliphatic heterocycles. The van der Waals surface area contributed by atoms with Gasteiger partial charge in [0, 0.05) is 29.6 Å². The highest BCUT2D eigenvalue weighted by Crippen LogP contribution is 2.16. The van der Waals surface area contributed by atoms with Gasteiger partial charge in [0.1, 0.15) is 0 Å². The SMILES string of the molecule is CNC(C)c1ccc(OCCc2scnc2C)nc1. The number of thiazole rings is 1. The predicted molar refractivity (Wildman–Crippen MR) is 77.8 cm³/mol. The average molecular weight is 277 g/mol. The third-order valence-electron chi connectivity index (χ3n) is 3.12. The molecule has 0 radical (unpaired) electrons. The highest BCUT2D eigenvalue weighted by atomic mass is 32.1. The van der Waals surface area contributed by atoms with E-state index in [9.17, 15) is 0 Å². The van der Waals surface area contributed by atoms with Crippen molar-refractivity contribution in [3.05, 3.63) is 40.0 Å². The number of pyridine rings is 1.